The van der Waals surface area contributed by atoms with E-state index < -0.39 is 0 Å². The van der Waals surface area contributed by atoms with E-state index in [1.54, 1.807) is 0 Å². The average Bonchev–Trinajstić information content (AvgIpc) is 2.55. The largest absolute Gasteiger partial charge is 0.382 e. The van der Waals surface area contributed by atoms with Crippen LogP contribution in [-0.4, -0.2) is 19.6 Å². The van der Waals surface area contributed by atoms with Crippen LogP contribution >= 0.6 is 0 Å². The maximum atomic E-state index is 3.67. The third kappa shape index (κ3) is 1.48. The van der Waals surface area contributed by atoms with Crippen molar-refractivity contribution >= 4 is 11.4 Å². The van der Waals surface area contributed by atoms with Gasteiger partial charge in [0.05, 0.1) is 0 Å². The van der Waals surface area contributed by atoms with Gasteiger partial charge in [-0.25, -0.2) is 0 Å². The fraction of sp³-hybridized carbons (Fsp3) is 0.538. The number of hydrogen-bond acceptors (Lipinski definition) is 2. The van der Waals surface area contributed by atoms with Crippen LogP contribution in [0.4, 0.5) is 11.4 Å². The first-order valence-corrected chi connectivity index (χ1v) is 5.94. The van der Waals surface area contributed by atoms with E-state index in [-0.39, 0.29) is 0 Å². The van der Waals surface area contributed by atoms with Gasteiger partial charge in [0.25, 0.3) is 0 Å². The number of hydrogen-bond donors (Lipinski definition) is 1. The van der Waals surface area contributed by atoms with Gasteiger partial charge in [-0.3, -0.25) is 0 Å². The first-order chi connectivity index (χ1) is 7.34. The fourth-order valence-electron chi connectivity index (χ4n) is 2.50. The third-order valence-corrected chi connectivity index (χ3v) is 3.72. The second kappa shape index (κ2) is 3.44. The van der Waals surface area contributed by atoms with Crippen molar-refractivity contribution in [3.63, 3.8) is 0 Å². The molecule has 15 heavy (non-hydrogen) atoms. The van der Waals surface area contributed by atoms with E-state index in [1.807, 2.05) is 0 Å². The summed E-state index contributed by atoms with van der Waals surface area (Å²) in [6.07, 6.45) is 5.29. The summed E-state index contributed by atoms with van der Waals surface area (Å²) in [6, 6.07) is 7.37. The highest BCUT2D eigenvalue weighted by Crippen LogP contribution is 2.34. The van der Waals surface area contributed by atoms with Gasteiger partial charge >= 0.3 is 0 Å². The molecular weight excluding hydrogens is 184 g/mol. The molecule has 0 spiro atoms. The number of nitrogens with one attached hydrogen (secondary N) is 1. The molecule has 3 rings (SSSR count). The Kier molecular flexibility index (Phi) is 2.08. The van der Waals surface area contributed by atoms with Crippen LogP contribution in [0.2, 0.25) is 0 Å². The van der Waals surface area contributed by atoms with Gasteiger partial charge in [0.15, 0.2) is 0 Å². The van der Waals surface area contributed by atoms with Gasteiger partial charge in [-0.05, 0) is 37.8 Å². The third-order valence-electron chi connectivity index (χ3n) is 3.72. The molecule has 0 atom stereocenters. The Morgan fingerprint density at radius 1 is 1.33 bits per heavy atom. The number of likely N-dealkylation sites (N-methyl/N-ethyl adjacent to an activating group) is 1. The fourth-order valence-corrected chi connectivity index (χ4v) is 2.50. The van der Waals surface area contributed by atoms with Crippen LogP contribution in [0.1, 0.15) is 24.8 Å². The summed E-state index contributed by atoms with van der Waals surface area (Å²) >= 11 is 0. The molecule has 1 heterocycles. The summed E-state index contributed by atoms with van der Waals surface area (Å²) in [4.78, 5) is 2.35. The van der Waals surface area contributed by atoms with E-state index in [0.717, 1.165) is 6.04 Å². The van der Waals surface area contributed by atoms with Crippen LogP contribution in [0.15, 0.2) is 18.2 Å². The zero-order valence-corrected chi connectivity index (χ0v) is 9.29. The SMILES string of the molecule is CN1CCc2c(NC3CCC3)cccc21. The van der Waals surface area contributed by atoms with E-state index in [9.17, 15) is 0 Å². The van der Waals surface area contributed by atoms with Crippen molar-refractivity contribution in [3.8, 4) is 0 Å². The molecular formula is C13H18N2. The van der Waals surface area contributed by atoms with Crippen LogP contribution in [-0.2, 0) is 6.42 Å². The number of fused-ring (bicyclic) bond motifs is 1. The lowest BCUT2D eigenvalue weighted by atomic mass is 9.92. The molecule has 1 aliphatic carbocycles. The Morgan fingerprint density at radius 3 is 2.93 bits per heavy atom. The van der Waals surface area contributed by atoms with Crippen molar-refractivity contribution < 1.29 is 0 Å². The smallest absolute Gasteiger partial charge is 0.0417 e. The van der Waals surface area contributed by atoms with Crippen molar-refractivity contribution in [1.82, 2.24) is 0 Å². The van der Waals surface area contributed by atoms with Crippen LogP contribution in [0.3, 0.4) is 0 Å². The van der Waals surface area contributed by atoms with E-state index in [4.69, 9.17) is 0 Å². The van der Waals surface area contributed by atoms with Crippen molar-refractivity contribution in [2.45, 2.75) is 31.7 Å². The molecule has 2 aliphatic rings. The predicted molar refractivity (Wildman–Crippen MR) is 64.7 cm³/mol. The average molecular weight is 202 g/mol. The van der Waals surface area contributed by atoms with Crippen LogP contribution in [0.5, 0.6) is 0 Å². The quantitative estimate of drug-likeness (QED) is 0.793. The number of anilines is 2. The molecule has 1 fully saturated rings. The Morgan fingerprint density at radius 2 is 2.20 bits per heavy atom. The van der Waals surface area contributed by atoms with Crippen molar-refractivity contribution in [2.75, 3.05) is 23.8 Å². The van der Waals surface area contributed by atoms with Crippen molar-refractivity contribution in [2.24, 2.45) is 0 Å². The van der Waals surface area contributed by atoms with Gasteiger partial charge in [0.1, 0.15) is 0 Å². The van der Waals surface area contributed by atoms with Gasteiger partial charge < -0.3 is 10.2 Å². The normalized spacial score (nSPS) is 19.9. The Balaban J connectivity index is 1.88. The molecule has 1 aliphatic heterocycles. The number of rotatable bonds is 2. The molecule has 0 saturated heterocycles. The molecule has 0 amide bonds. The van der Waals surface area contributed by atoms with Gasteiger partial charge in [-0.1, -0.05) is 6.07 Å². The second-order valence-electron chi connectivity index (χ2n) is 4.75. The molecule has 0 bridgehead atoms. The number of nitrogens with zero attached hydrogens (tertiary/aromatic N) is 1. The van der Waals surface area contributed by atoms with Gasteiger partial charge in [-0.2, -0.15) is 0 Å². The second-order valence-corrected chi connectivity index (χ2v) is 4.75. The summed E-state index contributed by atoms with van der Waals surface area (Å²) in [5, 5.41) is 3.67. The molecule has 2 heteroatoms. The maximum Gasteiger partial charge on any atom is 0.0417 e. The highest BCUT2D eigenvalue weighted by Gasteiger charge is 2.22. The Labute approximate surface area is 91.3 Å². The van der Waals surface area contributed by atoms with Crippen molar-refractivity contribution in [3.05, 3.63) is 23.8 Å². The lowest BCUT2D eigenvalue weighted by molar-refractivity contribution is 0.445. The molecule has 1 saturated carbocycles. The van der Waals surface area contributed by atoms with Crippen molar-refractivity contribution in [1.29, 1.82) is 0 Å². The standard InChI is InChI=1S/C13H18N2/c1-15-9-8-11-12(6-3-7-13(11)15)14-10-4-2-5-10/h3,6-7,10,14H,2,4-5,8-9H2,1H3. The first kappa shape index (κ1) is 9.08. The monoisotopic (exact) mass is 202 g/mol. The molecule has 1 N–H and O–H groups in total. The van der Waals surface area contributed by atoms with Gasteiger partial charge in [0.2, 0.25) is 0 Å². The summed E-state index contributed by atoms with van der Waals surface area (Å²) in [5.41, 5.74) is 4.31. The summed E-state index contributed by atoms with van der Waals surface area (Å²) in [7, 11) is 2.18. The molecule has 0 unspecified atom stereocenters. The minimum absolute atomic E-state index is 0.738. The highest BCUT2D eigenvalue weighted by atomic mass is 15.1. The molecule has 0 radical (unpaired) electrons. The zero-order valence-electron chi connectivity index (χ0n) is 9.29. The molecule has 80 valence electrons. The van der Waals surface area contributed by atoms with Crippen LogP contribution < -0.4 is 10.2 Å². The lowest BCUT2D eigenvalue weighted by Crippen LogP contribution is -2.27. The minimum Gasteiger partial charge on any atom is -0.382 e. The van der Waals surface area contributed by atoms with Gasteiger partial charge in [-0.15, -0.1) is 0 Å². The van der Waals surface area contributed by atoms with Crippen LogP contribution in [0.25, 0.3) is 0 Å². The van der Waals surface area contributed by atoms with E-state index in [2.05, 4.69) is 35.5 Å². The summed E-state index contributed by atoms with van der Waals surface area (Å²) in [6.45, 7) is 1.17. The molecule has 0 aromatic heterocycles. The first-order valence-electron chi connectivity index (χ1n) is 5.94. The maximum absolute atomic E-state index is 3.67. The lowest BCUT2D eigenvalue weighted by Gasteiger charge is -2.28. The summed E-state index contributed by atoms with van der Waals surface area (Å²) in [5.74, 6) is 0. The zero-order chi connectivity index (χ0) is 10.3. The van der Waals surface area contributed by atoms with Crippen LogP contribution in [0, 0.1) is 0 Å². The predicted octanol–water partition coefficient (Wildman–Crippen LogP) is 2.64. The number of benzene rings is 1. The van der Waals surface area contributed by atoms with E-state index in [0.29, 0.717) is 0 Å². The minimum atomic E-state index is 0.738. The highest BCUT2D eigenvalue weighted by molar-refractivity contribution is 5.69. The van der Waals surface area contributed by atoms with E-state index >= 15 is 0 Å². The molecule has 2 nitrogen and oxygen atoms in total. The topological polar surface area (TPSA) is 15.3 Å². The molecule has 1 aromatic rings. The van der Waals surface area contributed by atoms with Gasteiger partial charge in [0, 0.05) is 36.6 Å². The molecule has 1 aromatic carbocycles. The Hall–Kier alpha value is -1.18. The Bertz CT molecular complexity index is 369. The van der Waals surface area contributed by atoms with E-state index in [1.165, 1.54) is 49.2 Å². The summed E-state index contributed by atoms with van der Waals surface area (Å²) < 4.78 is 0.